The van der Waals surface area contributed by atoms with Crippen LogP contribution in [-0.4, -0.2) is 5.54 Å². The highest BCUT2D eigenvalue weighted by Gasteiger charge is 2.52. The first-order chi connectivity index (χ1) is 8.01. The van der Waals surface area contributed by atoms with Gasteiger partial charge in [-0.25, -0.2) is 0 Å². The Morgan fingerprint density at radius 3 is 2.71 bits per heavy atom. The van der Waals surface area contributed by atoms with Crippen molar-refractivity contribution in [1.29, 1.82) is 0 Å². The summed E-state index contributed by atoms with van der Waals surface area (Å²) in [6, 6.07) is 0. The van der Waals surface area contributed by atoms with Crippen molar-refractivity contribution in [3.63, 3.8) is 0 Å². The van der Waals surface area contributed by atoms with Crippen LogP contribution in [0.25, 0.3) is 0 Å². The summed E-state index contributed by atoms with van der Waals surface area (Å²) in [5, 5.41) is 3.65. The Labute approximate surface area is 105 Å². The van der Waals surface area contributed by atoms with E-state index in [9.17, 15) is 4.91 Å². The molecule has 96 valence electrons. The SMILES string of the molecule is CC1=C[C@@H]2[C@@H](C(C)C)CC[C@H](C)[C@]2(N=O)CC1. The van der Waals surface area contributed by atoms with Gasteiger partial charge in [-0.3, -0.25) is 0 Å². The highest BCUT2D eigenvalue weighted by Crippen LogP contribution is 2.52. The Morgan fingerprint density at radius 1 is 1.41 bits per heavy atom. The lowest BCUT2D eigenvalue weighted by atomic mass is 9.56. The van der Waals surface area contributed by atoms with Crippen LogP contribution >= 0.6 is 0 Å². The largest absolute Gasteiger partial charge is 0.150 e. The van der Waals surface area contributed by atoms with Gasteiger partial charge in [0.25, 0.3) is 0 Å². The molecule has 0 N–H and O–H groups in total. The van der Waals surface area contributed by atoms with Crippen LogP contribution in [0.15, 0.2) is 16.8 Å². The maximum atomic E-state index is 11.5. The zero-order chi connectivity index (χ0) is 12.6. The standard InChI is InChI=1S/C15H25NO/c1-10(2)13-6-5-12(4)15(16-17)8-7-11(3)9-14(13)15/h9-10,12-14H,5-8H2,1-4H3/t12-,13+,14+,15+/m0/s1. The second-order valence-electron chi connectivity index (χ2n) is 6.51. The maximum absolute atomic E-state index is 11.5. The van der Waals surface area contributed by atoms with Gasteiger partial charge in [-0.15, -0.1) is 0 Å². The van der Waals surface area contributed by atoms with Gasteiger partial charge in [0.1, 0.15) is 5.54 Å². The Balaban J connectivity index is 2.40. The van der Waals surface area contributed by atoms with E-state index < -0.39 is 0 Å². The van der Waals surface area contributed by atoms with Crippen LogP contribution in [-0.2, 0) is 0 Å². The molecular formula is C15H25NO. The second-order valence-corrected chi connectivity index (χ2v) is 6.51. The van der Waals surface area contributed by atoms with Crippen LogP contribution in [0.2, 0.25) is 0 Å². The molecule has 4 atom stereocenters. The average molecular weight is 235 g/mol. The van der Waals surface area contributed by atoms with Crippen LogP contribution in [0.4, 0.5) is 0 Å². The molecule has 1 fully saturated rings. The Bertz CT molecular complexity index is 334. The van der Waals surface area contributed by atoms with Crippen LogP contribution in [0.5, 0.6) is 0 Å². The molecule has 0 radical (unpaired) electrons. The minimum atomic E-state index is -0.299. The predicted molar refractivity (Wildman–Crippen MR) is 71.7 cm³/mol. The van der Waals surface area contributed by atoms with Gasteiger partial charge in [-0.2, -0.15) is 4.91 Å². The molecule has 2 aliphatic carbocycles. The third-order valence-electron chi connectivity index (χ3n) is 5.24. The molecule has 2 heteroatoms. The number of rotatable bonds is 2. The normalized spacial score (nSPS) is 41.9. The van der Waals surface area contributed by atoms with Gasteiger partial charge >= 0.3 is 0 Å². The van der Waals surface area contributed by atoms with E-state index in [1.807, 2.05) is 0 Å². The van der Waals surface area contributed by atoms with Crippen LogP contribution < -0.4 is 0 Å². The quantitative estimate of drug-likeness (QED) is 0.510. The van der Waals surface area contributed by atoms with Gasteiger partial charge in [0, 0.05) is 5.92 Å². The van der Waals surface area contributed by atoms with Crippen molar-refractivity contribution in [3.05, 3.63) is 16.6 Å². The van der Waals surface area contributed by atoms with Crippen LogP contribution in [0.1, 0.15) is 53.4 Å². The summed E-state index contributed by atoms with van der Waals surface area (Å²) in [5.74, 6) is 2.12. The van der Waals surface area contributed by atoms with Gasteiger partial charge in [-0.1, -0.05) is 37.6 Å². The summed E-state index contributed by atoms with van der Waals surface area (Å²) in [6.45, 7) is 8.99. The van der Waals surface area contributed by atoms with E-state index in [4.69, 9.17) is 0 Å². The Morgan fingerprint density at radius 2 is 2.12 bits per heavy atom. The monoisotopic (exact) mass is 235 g/mol. The summed E-state index contributed by atoms with van der Waals surface area (Å²) < 4.78 is 0. The molecule has 0 unspecified atom stereocenters. The van der Waals surface area contributed by atoms with E-state index in [1.54, 1.807) is 0 Å². The third kappa shape index (κ3) is 1.96. The highest BCUT2D eigenvalue weighted by atomic mass is 16.3. The van der Waals surface area contributed by atoms with Crippen LogP contribution in [0, 0.1) is 28.6 Å². The number of allylic oxidation sites excluding steroid dienone is 1. The first-order valence-electron chi connectivity index (χ1n) is 7.03. The van der Waals surface area contributed by atoms with E-state index in [1.165, 1.54) is 12.0 Å². The molecule has 17 heavy (non-hydrogen) atoms. The summed E-state index contributed by atoms with van der Waals surface area (Å²) in [7, 11) is 0. The van der Waals surface area contributed by atoms with Gasteiger partial charge in [-0.05, 0) is 50.4 Å². The van der Waals surface area contributed by atoms with Gasteiger partial charge in [0.05, 0.1) is 0 Å². The summed E-state index contributed by atoms with van der Waals surface area (Å²) in [6.07, 6.45) is 6.80. The van der Waals surface area contributed by atoms with E-state index >= 15 is 0 Å². The van der Waals surface area contributed by atoms with Crippen molar-refractivity contribution in [2.75, 3.05) is 0 Å². The Hall–Kier alpha value is -0.660. The first kappa shape index (κ1) is 12.8. The van der Waals surface area contributed by atoms with Crippen molar-refractivity contribution >= 4 is 0 Å². The minimum absolute atomic E-state index is 0.299. The molecule has 2 aliphatic rings. The lowest BCUT2D eigenvalue weighted by Crippen LogP contribution is -2.51. The summed E-state index contributed by atoms with van der Waals surface area (Å²) in [4.78, 5) is 11.5. The zero-order valence-corrected chi connectivity index (χ0v) is 11.6. The molecule has 0 aliphatic heterocycles. The van der Waals surface area contributed by atoms with E-state index in [0.29, 0.717) is 23.7 Å². The Kier molecular flexibility index (Phi) is 3.42. The van der Waals surface area contributed by atoms with Crippen molar-refractivity contribution in [2.24, 2.45) is 28.8 Å². The number of hydrogen-bond donors (Lipinski definition) is 0. The minimum Gasteiger partial charge on any atom is -0.150 e. The molecule has 0 heterocycles. The molecule has 1 saturated carbocycles. The lowest BCUT2D eigenvalue weighted by Gasteiger charge is -2.50. The van der Waals surface area contributed by atoms with Gasteiger partial charge in [0.2, 0.25) is 0 Å². The maximum Gasteiger partial charge on any atom is 0.112 e. The molecule has 0 aromatic carbocycles. The van der Waals surface area contributed by atoms with Crippen molar-refractivity contribution < 1.29 is 0 Å². The molecule has 0 bridgehead atoms. The van der Waals surface area contributed by atoms with Gasteiger partial charge < -0.3 is 0 Å². The number of nitroso groups, excluding NO2 is 1. The lowest BCUT2D eigenvalue weighted by molar-refractivity contribution is 0.0588. The van der Waals surface area contributed by atoms with Crippen molar-refractivity contribution in [2.45, 2.75) is 58.9 Å². The molecule has 0 saturated heterocycles. The molecule has 0 amide bonds. The van der Waals surface area contributed by atoms with Crippen LogP contribution in [0.3, 0.4) is 0 Å². The highest BCUT2D eigenvalue weighted by molar-refractivity contribution is 5.19. The fourth-order valence-corrected chi connectivity index (χ4v) is 3.98. The third-order valence-corrected chi connectivity index (χ3v) is 5.24. The topological polar surface area (TPSA) is 29.4 Å². The van der Waals surface area contributed by atoms with Crippen molar-refractivity contribution in [1.82, 2.24) is 0 Å². The fourth-order valence-electron chi connectivity index (χ4n) is 3.98. The smallest absolute Gasteiger partial charge is 0.112 e. The molecular weight excluding hydrogens is 210 g/mol. The van der Waals surface area contributed by atoms with Crippen molar-refractivity contribution in [3.8, 4) is 0 Å². The molecule has 0 aromatic rings. The number of hydrogen-bond acceptors (Lipinski definition) is 2. The molecule has 0 aromatic heterocycles. The number of fused-ring (bicyclic) bond motifs is 1. The summed E-state index contributed by atoms with van der Waals surface area (Å²) >= 11 is 0. The van der Waals surface area contributed by atoms with E-state index in [2.05, 4.69) is 38.9 Å². The average Bonchev–Trinajstić information content (AvgIpc) is 2.29. The zero-order valence-electron chi connectivity index (χ0n) is 11.6. The second kappa shape index (κ2) is 4.55. The van der Waals surface area contributed by atoms with E-state index in [-0.39, 0.29) is 5.54 Å². The number of nitrogens with zero attached hydrogens (tertiary/aromatic N) is 1. The molecule has 2 rings (SSSR count). The molecule has 0 spiro atoms. The van der Waals surface area contributed by atoms with Gasteiger partial charge in [0.15, 0.2) is 0 Å². The predicted octanol–water partition coefficient (Wildman–Crippen LogP) is 4.55. The fraction of sp³-hybridized carbons (Fsp3) is 0.867. The molecule has 2 nitrogen and oxygen atoms in total. The van der Waals surface area contributed by atoms with E-state index in [0.717, 1.165) is 19.3 Å². The summed E-state index contributed by atoms with van der Waals surface area (Å²) in [5.41, 5.74) is 1.15. The first-order valence-corrected chi connectivity index (χ1v) is 7.03.